The molecule has 0 saturated heterocycles. The quantitative estimate of drug-likeness (QED) is 0.675. The zero-order valence-electron chi connectivity index (χ0n) is 9.35. The van der Waals surface area contributed by atoms with Gasteiger partial charge in [0.1, 0.15) is 0 Å². The number of unbranched alkanes of at least 4 members (excludes halogenated alkanes) is 1. The Balaban J connectivity index is 1.90. The summed E-state index contributed by atoms with van der Waals surface area (Å²) in [4.78, 5) is 10.6. The lowest BCUT2D eigenvalue weighted by Gasteiger charge is -2.21. The molecule has 82 valence electrons. The van der Waals surface area contributed by atoms with Gasteiger partial charge < -0.3 is 5.32 Å². The minimum Gasteiger partial charge on any atom is -0.356 e. The molecule has 1 aliphatic carbocycles. The van der Waals surface area contributed by atoms with E-state index in [0.29, 0.717) is 0 Å². The maximum absolute atomic E-state index is 10.6. The summed E-state index contributed by atoms with van der Waals surface area (Å²) in [6.07, 6.45) is 11.0. The second-order valence-corrected chi connectivity index (χ2v) is 4.48. The third-order valence-corrected chi connectivity index (χ3v) is 3.14. The van der Waals surface area contributed by atoms with Crippen molar-refractivity contribution in [3.8, 4) is 0 Å². The molecule has 2 nitrogen and oxygen atoms in total. The lowest BCUT2D eigenvalue weighted by molar-refractivity contribution is -0.118. The van der Waals surface area contributed by atoms with Gasteiger partial charge in [0.05, 0.1) is 0 Å². The van der Waals surface area contributed by atoms with E-state index >= 15 is 0 Å². The van der Waals surface area contributed by atoms with Crippen molar-refractivity contribution in [2.75, 3.05) is 6.54 Å². The molecule has 1 saturated carbocycles. The predicted octanol–water partition coefficient (Wildman–Crippen LogP) is 2.87. The molecule has 1 amide bonds. The van der Waals surface area contributed by atoms with Gasteiger partial charge in [0.25, 0.3) is 0 Å². The van der Waals surface area contributed by atoms with Gasteiger partial charge in [-0.25, -0.2) is 0 Å². The molecule has 0 aliphatic heterocycles. The molecular weight excluding hydrogens is 174 g/mol. The van der Waals surface area contributed by atoms with Crippen LogP contribution in [0.25, 0.3) is 0 Å². The molecule has 0 radical (unpaired) electrons. The Morgan fingerprint density at radius 3 is 2.57 bits per heavy atom. The number of carbonyl (C=O) groups excluding carboxylic acids is 1. The molecule has 1 N–H and O–H groups in total. The molecule has 0 bridgehead atoms. The van der Waals surface area contributed by atoms with Crippen molar-refractivity contribution in [3.05, 3.63) is 0 Å². The highest BCUT2D eigenvalue weighted by atomic mass is 16.1. The smallest absolute Gasteiger partial charge is 0.216 e. The summed E-state index contributed by atoms with van der Waals surface area (Å²) >= 11 is 0. The highest BCUT2D eigenvalue weighted by Crippen LogP contribution is 2.27. The maximum atomic E-state index is 10.6. The second-order valence-electron chi connectivity index (χ2n) is 4.48. The van der Waals surface area contributed by atoms with Crippen LogP contribution in [-0.2, 0) is 4.79 Å². The van der Waals surface area contributed by atoms with Gasteiger partial charge in [0.15, 0.2) is 0 Å². The van der Waals surface area contributed by atoms with Crippen molar-refractivity contribution < 1.29 is 4.79 Å². The van der Waals surface area contributed by atoms with Crippen LogP contribution in [0.1, 0.15) is 58.3 Å². The normalized spacial score (nSPS) is 18.1. The molecule has 1 fully saturated rings. The second kappa shape index (κ2) is 6.86. The zero-order chi connectivity index (χ0) is 10.2. The fraction of sp³-hybridized carbons (Fsp3) is 0.917. The zero-order valence-corrected chi connectivity index (χ0v) is 9.35. The number of carbonyl (C=O) groups is 1. The van der Waals surface area contributed by atoms with Crippen LogP contribution in [0.5, 0.6) is 0 Å². The first-order valence-electron chi connectivity index (χ1n) is 6.03. The number of hydrogen-bond acceptors (Lipinski definition) is 1. The van der Waals surface area contributed by atoms with Crippen molar-refractivity contribution >= 4 is 5.91 Å². The van der Waals surface area contributed by atoms with E-state index in [-0.39, 0.29) is 5.91 Å². The van der Waals surface area contributed by atoms with E-state index in [1.807, 2.05) is 0 Å². The SMILES string of the molecule is CC(=O)NCCCCC1CCCCC1. The van der Waals surface area contributed by atoms with Crippen LogP contribution in [-0.4, -0.2) is 12.5 Å². The standard InChI is InChI=1S/C12H23NO/c1-11(14)13-10-6-5-9-12-7-3-2-4-8-12/h12H,2-10H2,1H3,(H,13,14). The van der Waals surface area contributed by atoms with Gasteiger partial charge >= 0.3 is 0 Å². The molecule has 0 heterocycles. The van der Waals surface area contributed by atoms with Gasteiger partial charge in [-0.2, -0.15) is 0 Å². The van der Waals surface area contributed by atoms with Crippen LogP contribution in [0, 0.1) is 5.92 Å². The van der Waals surface area contributed by atoms with Crippen molar-refractivity contribution in [1.29, 1.82) is 0 Å². The minimum atomic E-state index is 0.0997. The lowest BCUT2D eigenvalue weighted by atomic mass is 9.86. The first-order valence-corrected chi connectivity index (χ1v) is 6.03. The van der Waals surface area contributed by atoms with Crippen LogP contribution in [0.3, 0.4) is 0 Å². The Hall–Kier alpha value is -0.530. The number of hydrogen-bond donors (Lipinski definition) is 1. The molecule has 1 aliphatic rings. The Bertz CT molecular complexity index is 162. The fourth-order valence-electron chi connectivity index (χ4n) is 2.30. The highest BCUT2D eigenvalue weighted by Gasteiger charge is 2.12. The third-order valence-electron chi connectivity index (χ3n) is 3.14. The molecule has 0 aromatic rings. The van der Waals surface area contributed by atoms with Gasteiger partial charge in [-0.3, -0.25) is 4.79 Å². The maximum Gasteiger partial charge on any atom is 0.216 e. The average molecular weight is 197 g/mol. The summed E-state index contributed by atoms with van der Waals surface area (Å²) in [5.41, 5.74) is 0. The molecule has 1 rings (SSSR count). The van der Waals surface area contributed by atoms with E-state index in [4.69, 9.17) is 0 Å². The molecule has 2 heteroatoms. The third kappa shape index (κ3) is 5.25. The number of amides is 1. The highest BCUT2D eigenvalue weighted by molar-refractivity contribution is 5.72. The van der Waals surface area contributed by atoms with Crippen molar-refractivity contribution in [2.24, 2.45) is 5.92 Å². The fourth-order valence-corrected chi connectivity index (χ4v) is 2.30. The Kier molecular flexibility index (Phi) is 5.65. The van der Waals surface area contributed by atoms with Gasteiger partial charge in [-0.15, -0.1) is 0 Å². The topological polar surface area (TPSA) is 29.1 Å². The first-order chi connectivity index (χ1) is 6.79. The summed E-state index contributed by atoms with van der Waals surface area (Å²) in [5, 5.41) is 2.84. The van der Waals surface area contributed by atoms with Gasteiger partial charge in [-0.05, 0) is 12.3 Å². The number of rotatable bonds is 5. The summed E-state index contributed by atoms with van der Waals surface area (Å²) in [5.74, 6) is 1.09. The van der Waals surface area contributed by atoms with E-state index in [9.17, 15) is 4.79 Å². The monoisotopic (exact) mass is 197 g/mol. The molecular formula is C12H23NO. The molecule has 14 heavy (non-hydrogen) atoms. The van der Waals surface area contributed by atoms with E-state index < -0.39 is 0 Å². The van der Waals surface area contributed by atoms with Crippen molar-refractivity contribution in [1.82, 2.24) is 5.32 Å². The van der Waals surface area contributed by atoms with Crippen LogP contribution < -0.4 is 5.32 Å². The Morgan fingerprint density at radius 2 is 1.93 bits per heavy atom. The minimum absolute atomic E-state index is 0.0997. The van der Waals surface area contributed by atoms with E-state index in [0.717, 1.165) is 18.9 Å². The van der Waals surface area contributed by atoms with Crippen LogP contribution in [0.4, 0.5) is 0 Å². The Labute approximate surface area is 87.5 Å². The summed E-state index contributed by atoms with van der Waals surface area (Å²) < 4.78 is 0. The molecule has 0 spiro atoms. The van der Waals surface area contributed by atoms with Crippen molar-refractivity contribution in [2.45, 2.75) is 58.3 Å². The average Bonchev–Trinajstić information content (AvgIpc) is 2.18. The predicted molar refractivity (Wildman–Crippen MR) is 59.1 cm³/mol. The van der Waals surface area contributed by atoms with Crippen LogP contribution in [0.15, 0.2) is 0 Å². The van der Waals surface area contributed by atoms with Gasteiger partial charge in [-0.1, -0.05) is 44.9 Å². The van der Waals surface area contributed by atoms with E-state index in [1.54, 1.807) is 6.92 Å². The van der Waals surface area contributed by atoms with Gasteiger partial charge in [0.2, 0.25) is 5.91 Å². The first kappa shape index (κ1) is 11.5. The largest absolute Gasteiger partial charge is 0.356 e. The molecule has 0 unspecified atom stereocenters. The van der Waals surface area contributed by atoms with Crippen LogP contribution in [0.2, 0.25) is 0 Å². The Morgan fingerprint density at radius 1 is 1.21 bits per heavy atom. The molecule has 0 atom stereocenters. The van der Waals surface area contributed by atoms with Crippen molar-refractivity contribution in [3.63, 3.8) is 0 Å². The van der Waals surface area contributed by atoms with Gasteiger partial charge in [0, 0.05) is 13.5 Å². The molecule has 0 aromatic heterocycles. The number of nitrogens with one attached hydrogen (secondary N) is 1. The summed E-state index contributed by atoms with van der Waals surface area (Å²) in [6.45, 7) is 2.45. The molecule has 0 aromatic carbocycles. The van der Waals surface area contributed by atoms with Crippen LogP contribution >= 0.6 is 0 Å². The summed E-state index contributed by atoms with van der Waals surface area (Å²) in [6, 6.07) is 0. The summed E-state index contributed by atoms with van der Waals surface area (Å²) in [7, 11) is 0. The van der Waals surface area contributed by atoms with E-state index in [1.165, 1.54) is 44.9 Å². The lowest BCUT2D eigenvalue weighted by Crippen LogP contribution is -2.20. The van der Waals surface area contributed by atoms with E-state index in [2.05, 4.69) is 5.32 Å².